The van der Waals surface area contributed by atoms with Crippen molar-refractivity contribution < 1.29 is 19.1 Å². The summed E-state index contributed by atoms with van der Waals surface area (Å²) in [5.41, 5.74) is 5.83. The molecule has 0 bridgehead atoms. The van der Waals surface area contributed by atoms with Gasteiger partial charge in [-0.15, -0.1) is 0 Å². The third kappa shape index (κ3) is 4.26. The molecule has 3 fully saturated rings. The van der Waals surface area contributed by atoms with Crippen molar-refractivity contribution >= 4 is 23.4 Å². The summed E-state index contributed by atoms with van der Waals surface area (Å²) in [7, 11) is 0. The highest BCUT2D eigenvalue weighted by Gasteiger charge is 2.49. The molecule has 4 rings (SSSR count). The highest BCUT2D eigenvalue weighted by atomic mass is 16.5. The van der Waals surface area contributed by atoms with Crippen LogP contribution in [0.2, 0.25) is 0 Å². The first kappa shape index (κ1) is 22.7. The number of carbonyl (C=O) groups excluding carboxylic acids is 3. The van der Waals surface area contributed by atoms with E-state index in [9.17, 15) is 14.4 Å². The summed E-state index contributed by atoms with van der Waals surface area (Å²) in [6.07, 6.45) is 5.65. The van der Waals surface area contributed by atoms with Crippen LogP contribution in [0.25, 0.3) is 0 Å². The first-order valence-corrected chi connectivity index (χ1v) is 11.8. The average molecular weight is 443 g/mol. The van der Waals surface area contributed by atoms with Crippen LogP contribution in [0.15, 0.2) is 24.3 Å². The molecule has 0 spiro atoms. The van der Waals surface area contributed by atoms with Gasteiger partial charge in [-0.05, 0) is 69.5 Å². The lowest BCUT2D eigenvalue weighted by molar-refractivity contribution is -0.136. The molecule has 0 unspecified atom stereocenters. The maximum absolute atomic E-state index is 13.2. The van der Waals surface area contributed by atoms with Crippen LogP contribution < -0.4 is 15.4 Å². The first-order valence-electron chi connectivity index (χ1n) is 11.8. The van der Waals surface area contributed by atoms with E-state index in [2.05, 4.69) is 9.80 Å². The average Bonchev–Trinajstić information content (AvgIpc) is 3.12. The van der Waals surface area contributed by atoms with Crippen molar-refractivity contribution in [2.24, 2.45) is 5.73 Å². The Hall–Kier alpha value is -2.45. The van der Waals surface area contributed by atoms with Crippen LogP contribution in [0.4, 0.5) is 5.69 Å². The minimum Gasteiger partial charge on any atom is -0.494 e. The summed E-state index contributed by atoms with van der Waals surface area (Å²) in [4.78, 5) is 44.0. The van der Waals surface area contributed by atoms with Crippen molar-refractivity contribution in [2.45, 2.75) is 63.5 Å². The number of nitrogens with two attached hydrogens (primary N) is 1. The molecule has 0 aliphatic carbocycles. The number of nitrogens with zero attached hydrogens (tertiary/aromatic N) is 3. The van der Waals surface area contributed by atoms with E-state index < -0.39 is 11.6 Å². The van der Waals surface area contributed by atoms with Gasteiger partial charge in [0.25, 0.3) is 5.91 Å². The minimum absolute atomic E-state index is 0.167. The summed E-state index contributed by atoms with van der Waals surface area (Å²) in [6.45, 7) is 5.63. The van der Waals surface area contributed by atoms with E-state index in [1.807, 2.05) is 6.92 Å². The van der Waals surface area contributed by atoms with E-state index >= 15 is 0 Å². The molecular formula is C24H34N4O4. The molecule has 32 heavy (non-hydrogen) atoms. The lowest BCUT2D eigenvalue weighted by Gasteiger charge is -2.48. The summed E-state index contributed by atoms with van der Waals surface area (Å²) in [5.74, 6) is 0.0782. The fourth-order valence-electron chi connectivity index (χ4n) is 5.33. The standard InChI is InChI=1S/C24H34N4O4/c1-2-16-32-19-8-6-18(7-9-19)28-21(29)17-20(22(28)30)26-14-10-24(11-15-26,23(25)31)27-12-4-3-5-13-27/h6-9,20H,2-5,10-17H2,1H3,(H2,25,31)/t20-/m1/s1. The zero-order chi connectivity index (χ0) is 22.7. The monoisotopic (exact) mass is 442 g/mol. The van der Waals surface area contributed by atoms with Crippen molar-refractivity contribution in [3.63, 3.8) is 0 Å². The summed E-state index contributed by atoms with van der Waals surface area (Å²) >= 11 is 0. The van der Waals surface area contributed by atoms with Crippen LogP contribution in [-0.2, 0) is 14.4 Å². The van der Waals surface area contributed by atoms with Crippen LogP contribution in [0.3, 0.4) is 0 Å². The Kier molecular flexibility index (Phi) is 6.81. The first-order chi connectivity index (χ1) is 15.5. The molecule has 8 nitrogen and oxygen atoms in total. The number of likely N-dealkylation sites (tertiary alicyclic amines) is 2. The number of ether oxygens (including phenoxy) is 1. The topological polar surface area (TPSA) is 96.2 Å². The van der Waals surface area contributed by atoms with Crippen molar-refractivity contribution in [2.75, 3.05) is 37.7 Å². The molecule has 3 amide bonds. The molecule has 3 aliphatic rings. The molecular weight excluding hydrogens is 408 g/mol. The van der Waals surface area contributed by atoms with Crippen LogP contribution in [0.1, 0.15) is 51.9 Å². The lowest BCUT2D eigenvalue weighted by Crippen LogP contribution is -2.64. The quantitative estimate of drug-likeness (QED) is 0.648. The minimum atomic E-state index is -0.628. The van der Waals surface area contributed by atoms with E-state index in [1.54, 1.807) is 24.3 Å². The Morgan fingerprint density at radius 3 is 2.31 bits per heavy atom. The number of rotatable bonds is 7. The number of piperidine rings is 2. The molecule has 1 aromatic carbocycles. The van der Waals surface area contributed by atoms with Crippen molar-refractivity contribution in [3.05, 3.63) is 24.3 Å². The maximum atomic E-state index is 13.2. The van der Waals surface area contributed by atoms with Gasteiger partial charge in [0.05, 0.1) is 24.8 Å². The van der Waals surface area contributed by atoms with Crippen molar-refractivity contribution in [1.82, 2.24) is 9.80 Å². The second-order valence-electron chi connectivity index (χ2n) is 9.11. The molecule has 2 N–H and O–H groups in total. The maximum Gasteiger partial charge on any atom is 0.251 e. The smallest absolute Gasteiger partial charge is 0.251 e. The van der Waals surface area contributed by atoms with E-state index in [-0.39, 0.29) is 24.1 Å². The summed E-state index contributed by atoms with van der Waals surface area (Å²) in [5, 5.41) is 0. The number of primary amides is 1. The van der Waals surface area contributed by atoms with Crippen LogP contribution in [0.5, 0.6) is 5.75 Å². The number of hydrogen-bond acceptors (Lipinski definition) is 6. The van der Waals surface area contributed by atoms with Gasteiger partial charge in [-0.1, -0.05) is 13.3 Å². The number of anilines is 1. The van der Waals surface area contributed by atoms with Gasteiger partial charge in [-0.2, -0.15) is 0 Å². The van der Waals surface area contributed by atoms with Crippen molar-refractivity contribution in [3.8, 4) is 5.75 Å². The van der Waals surface area contributed by atoms with Crippen molar-refractivity contribution in [1.29, 1.82) is 0 Å². The molecule has 0 radical (unpaired) electrons. The normalized spacial score (nSPS) is 24.7. The second-order valence-corrected chi connectivity index (χ2v) is 9.11. The predicted molar refractivity (Wildman–Crippen MR) is 121 cm³/mol. The Morgan fingerprint density at radius 2 is 1.72 bits per heavy atom. The second kappa shape index (κ2) is 9.58. The highest BCUT2D eigenvalue weighted by molar-refractivity contribution is 6.22. The fraction of sp³-hybridized carbons (Fsp3) is 0.625. The Morgan fingerprint density at radius 1 is 1.06 bits per heavy atom. The van der Waals surface area contributed by atoms with Gasteiger partial charge in [0.2, 0.25) is 11.8 Å². The van der Waals surface area contributed by atoms with Gasteiger partial charge in [0, 0.05) is 13.1 Å². The van der Waals surface area contributed by atoms with Crippen LogP contribution >= 0.6 is 0 Å². The van der Waals surface area contributed by atoms with E-state index in [0.29, 0.717) is 38.2 Å². The Balaban J connectivity index is 1.42. The molecule has 3 aliphatic heterocycles. The number of carbonyl (C=O) groups is 3. The van der Waals surface area contributed by atoms with Crippen LogP contribution in [0, 0.1) is 0 Å². The van der Waals surface area contributed by atoms with Gasteiger partial charge < -0.3 is 10.5 Å². The molecule has 3 heterocycles. The number of benzene rings is 1. The Bertz CT molecular complexity index is 842. The third-order valence-corrected chi connectivity index (χ3v) is 7.18. The SMILES string of the molecule is CCCOc1ccc(N2C(=O)C[C@@H](N3CCC(C(N)=O)(N4CCCCC4)CC3)C2=O)cc1. The zero-order valence-electron chi connectivity index (χ0n) is 18.9. The van der Waals surface area contributed by atoms with Gasteiger partial charge in [-0.3, -0.25) is 24.2 Å². The number of amides is 3. The van der Waals surface area contributed by atoms with E-state index in [4.69, 9.17) is 10.5 Å². The molecule has 3 saturated heterocycles. The van der Waals surface area contributed by atoms with Gasteiger partial charge in [0.1, 0.15) is 11.3 Å². The molecule has 0 aromatic heterocycles. The predicted octanol–water partition coefficient (Wildman–Crippen LogP) is 1.91. The number of hydrogen-bond donors (Lipinski definition) is 1. The lowest BCUT2D eigenvalue weighted by atomic mass is 9.83. The summed E-state index contributed by atoms with van der Waals surface area (Å²) < 4.78 is 5.59. The fourth-order valence-corrected chi connectivity index (χ4v) is 5.33. The number of imide groups is 1. The van der Waals surface area contributed by atoms with Gasteiger partial charge >= 0.3 is 0 Å². The largest absolute Gasteiger partial charge is 0.494 e. The van der Waals surface area contributed by atoms with Gasteiger partial charge in [-0.25, -0.2) is 4.90 Å². The van der Waals surface area contributed by atoms with Gasteiger partial charge in [0.15, 0.2) is 0 Å². The molecule has 1 aromatic rings. The molecule has 0 saturated carbocycles. The highest BCUT2D eigenvalue weighted by Crippen LogP contribution is 2.35. The molecule has 8 heteroatoms. The molecule has 1 atom stereocenters. The third-order valence-electron chi connectivity index (χ3n) is 7.18. The Labute approximate surface area is 189 Å². The van der Waals surface area contributed by atoms with Crippen LogP contribution in [-0.4, -0.2) is 71.9 Å². The van der Waals surface area contributed by atoms with E-state index in [1.165, 1.54) is 11.3 Å². The zero-order valence-corrected chi connectivity index (χ0v) is 18.9. The molecule has 174 valence electrons. The van der Waals surface area contributed by atoms with E-state index in [0.717, 1.165) is 38.1 Å². The summed E-state index contributed by atoms with van der Waals surface area (Å²) in [6, 6.07) is 6.62.